The van der Waals surface area contributed by atoms with Crippen LogP contribution in [-0.4, -0.2) is 12.1 Å². The van der Waals surface area contributed by atoms with E-state index in [2.05, 4.69) is 25.2 Å². The predicted molar refractivity (Wildman–Crippen MR) is 72.1 cm³/mol. The van der Waals surface area contributed by atoms with Crippen molar-refractivity contribution in [1.82, 2.24) is 0 Å². The molecule has 0 saturated carbocycles. The quantitative estimate of drug-likeness (QED) is 0.865. The third-order valence-electron chi connectivity index (χ3n) is 3.22. The second kappa shape index (κ2) is 5.39. The molecule has 0 heterocycles. The summed E-state index contributed by atoms with van der Waals surface area (Å²) in [4.78, 5) is 0. The summed E-state index contributed by atoms with van der Waals surface area (Å²) in [5, 5.41) is 13.0. The van der Waals surface area contributed by atoms with E-state index in [4.69, 9.17) is 22.6 Å². The standard InChI is InChI=1S/C13H18ClN3/c1-9(2)13(3,8-16)17-12-6-11(14)5-4-10(12)7-15/h4-6,9,17H,8,16H2,1-3H3. The van der Waals surface area contributed by atoms with Gasteiger partial charge in [-0.1, -0.05) is 25.4 Å². The minimum absolute atomic E-state index is 0.254. The SMILES string of the molecule is CC(C)C(C)(CN)Nc1cc(Cl)ccc1C#N. The number of nitrogens with two attached hydrogens (primary N) is 1. The summed E-state index contributed by atoms with van der Waals surface area (Å²) in [5.41, 5.74) is 6.87. The topological polar surface area (TPSA) is 61.8 Å². The number of nitrogens with one attached hydrogen (secondary N) is 1. The van der Waals surface area contributed by atoms with E-state index in [1.54, 1.807) is 18.2 Å². The number of nitriles is 1. The van der Waals surface area contributed by atoms with Crippen molar-refractivity contribution in [2.75, 3.05) is 11.9 Å². The highest BCUT2D eigenvalue weighted by Gasteiger charge is 2.27. The molecule has 1 unspecified atom stereocenters. The number of rotatable bonds is 4. The first-order valence-corrected chi connectivity index (χ1v) is 5.98. The molecule has 0 saturated heterocycles. The van der Waals surface area contributed by atoms with Crippen molar-refractivity contribution in [3.05, 3.63) is 28.8 Å². The fraction of sp³-hybridized carbons (Fsp3) is 0.462. The molecule has 1 aromatic carbocycles. The van der Waals surface area contributed by atoms with Crippen LogP contribution in [-0.2, 0) is 0 Å². The zero-order chi connectivity index (χ0) is 13.1. The lowest BCUT2D eigenvalue weighted by Gasteiger charge is -2.35. The van der Waals surface area contributed by atoms with E-state index < -0.39 is 0 Å². The average molecular weight is 252 g/mol. The van der Waals surface area contributed by atoms with Crippen molar-refractivity contribution in [3.8, 4) is 6.07 Å². The zero-order valence-electron chi connectivity index (χ0n) is 10.4. The Morgan fingerprint density at radius 2 is 2.18 bits per heavy atom. The van der Waals surface area contributed by atoms with Gasteiger partial charge in [0.25, 0.3) is 0 Å². The molecular weight excluding hydrogens is 234 g/mol. The van der Waals surface area contributed by atoms with E-state index in [1.165, 1.54) is 0 Å². The van der Waals surface area contributed by atoms with Crippen LogP contribution in [0.5, 0.6) is 0 Å². The van der Waals surface area contributed by atoms with Crippen LogP contribution in [0.15, 0.2) is 18.2 Å². The molecule has 0 aliphatic carbocycles. The molecule has 4 heteroatoms. The molecule has 92 valence electrons. The van der Waals surface area contributed by atoms with Gasteiger partial charge in [0.2, 0.25) is 0 Å². The van der Waals surface area contributed by atoms with E-state index >= 15 is 0 Å². The van der Waals surface area contributed by atoms with Gasteiger partial charge in [0.05, 0.1) is 11.3 Å². The molecule has 1 rings (SSSR count). The first-order valence-electron chi connectivity index (χ1n) is 5.61. The minimum atomic E-state index is -0.254. The molecule has 0 amide bonds. The second-order valence-corrected chi connectivity index (χ2v) is 5.14. The third kappa shape index (κ3) is 3.12. The Hall–Kier alpha value is -1.24. The average Bonchev–Trinajstić information content (AvgIpc) is 2.29. The van der Waals surface area contributed by atoms with Gasteiger partial charge in [-0.15, -0.1) is 0 Å². The number of benzene rings is 1. The van der Waals surface area contributed by atoms with Gasteiger partial charge in [-0.3, -0.25) is 0 Å². The predicted octanol–water partition coefficient (Wildman–Crippen LogP) is 3.00. The lowest BCUT2D eigenvalue weighted by atomic mass is 9.88. The van der Waals surface area contributed by atoms with E-state index in [0.717, 1.165) is 5.69 Å². The second-order valence-electron chi connectivity index (χ2n) is 4.70. The number of halogens is 1. The van der Waals surface area contributed by atoms with Gasteiger partial charge in [0, 0.05) is 17.1 Å². The van der Waals surface area contributed by atoms with Crippen LogP contribution in [0.2, 0.25) is 5.02 Å². The van der Waals surface area contributed by atoms with Crippen LogP contribution in [0.25, 0.3) is 0 Å². The Bertz CT molecular complexity index is 437. The largest absolute Gasteiger partial charge is 0.377 e. The van der Waals surface area contributed by atoms with Crippen molar-refractivity contribution in [2.24, 2.45) is 11.7 Å². The maximum absolute atomic E-state index is 9.05. The van der Waals surface area contributed by atoms with Crippen LogP contribution in [0.3, 0.4) is 0 Å². The van der Waals surface area contributed by atoms with Crippen molar-refractivity contribution in [3.63, 3.8) is 0 Å². The number of nitrogens with zero attached hydrogens (tertiary/aromatic N) is 1. The minimum Gasteiger partial charge on any atom is -0.377 e. The summed E-state index contributed by atoms with van der Waals surface area (Å²) in [6.45, 7) is 6.72. The lowest BCUT2D eigenvalue weighted by molar-refractivity contribution is 0.382. The summed E-state index contributed by atoms with van der Waals surface area (Å²) in [5.74, 6) is 0.345. The Morgan fingerprint density at radius 1 is 1.53 bits per heavy atom. The van der Waals surface area contributed by atoms with Crippen LogP contribution in [0, 0.1) is 17.2 Å². The fourth-order valence-corrected chi connectivity index (χ4v) is 1.63. The number of hydrogen-bond acceptors (Lipinski definition) is 3. The van der Waals surface area contributed by atoms with Crippen molar-refractivity contribution >= 4 is 17.3 Å². The van der Waals surface area contributed by atoms with Gasteiger partial charge < -0.3 is 11.1 Å². The molecule has 0 aromatic heterocycles. The summed E-state index contributed by atoms with van der Waals surface area (Å²) in [6.07, 6.45) is 0. The van der Waals surface area contributed by atoms with E-state index in [9.17, 15) is 0 Å². The lowest BCUT2D eigenvalue weighted by Crippen LogP contribution is -2.47. The zero-order valence-corrected chi connectivity index (χ0v) is 11.2. The van der Waals surface area contributed by atoms with Crippen molar-refractivity contribution < 1.29 is 0 Å². The summed E-state index contributed by atoms with van der Waals surface area (Å²) >= 11 is 5.94. The highest BCUT2D eigenvalue weighted by molar-refractivity contribution is 6.30. The highest BCUT2D eigenvalue weighted by Crippen LogP contribution is 2.26. The van der Waals surface area contributed by atoms with Gasteiger partial charge in [0.15, 0.2) is 0 Å². The Balaban J connectivity index is 3.10. The molecule has 3 N–H and O–H groups in total. The van der Waals surface area contributed by atoms with E-state index in [0.29, 0.717) is 23.0 Å². The normalized spacial score (nSPS) is 14.2. The van der Waals surface area contributed by atoms with Crippen molar-refractivity contribution in [2.45, 2.75) is 26.3 Å². The van der Waals surface area contributed by atoms with Crippen LogP contribution >= 0.6 is 11.6 Å². The smallest absolute Gasteiger partial charge is 0.101 e. The molecule has 3 nitrogen and oxygen atoms in total. The Morgan fingerprint density at radius 3 is 2.65 bits per heavy atom. The molecular formula is C13H18ClN3. The molecule has 1 aromatic rings. The molecule has 0 bridgehead atoms. The number of anilines is 1. The Labute approximate surface area is 108 Å². The van der Waals surface area contributed by atoms with Gasteiger partial charge in [0.1, 0.15) is 6.07 Å². The van der Waals surface area contributed by atoms with E-state index in [-0.39, 0.29) is 5.54 Å². The molecule has 0 radical (unpaired) electrons. The summed E-state index contributed by atoms with van der Waals surface area (Å²) < 4.78 is 0. The molecule has 1 atom stereocenters. The summed E-state index contributed by atoms with van der Waals surface area (Å²) in [6, 6.07) is 7.33. The summed E-state index contributed by atoms with van der Waals surface area (Å²) in [7, 11) is 0. The van der Waals surface area contributed by atoms with Crippen LogP contribution < -0.4 is 11.1 Å². The van der Waals surface area contributed by atoms with E-state index in [1.807, 2.05) is 6.92 Å². The maximum Gasteiger partial charge on any atom is 0.101 e. The monoisotopic (exact) mass is 251 g/mol. The van der Waals surface area contributed by atoms with Gasteiger partial charge in [-0.2, -0.15) is 5.26 Å². The Kier molecular flexibility index (Phi) is 4.39. The van der Waals surface area contributed by atoms with Gasteiger partial charge >= 0.3 is 0 Å². The number of hydrogen-bond donors (Lipinski definition) is 2. The molecule has 0 spiro atoms. The van der Waals surface area contributed by atoms with Crippen LogP contribution in [0.4, 0.5) is 5.69 Å². The van der Waals surface area contributed by atoms with Gasteiger partial charge in [-0.25, -0.2) is 0 Å². The fourth-order valence-electron chi connectivity index (χ4n) is 1.46. The highest BCUT2D eigenvalue weighted by atomic mass is 35.5. The molecule has 0 fully saturated rings. The maximum atomic E-state index is 9.05. The first-order chi connectivity index (χ1) is 7.92. The van der Waals surface area contributed by atoms with Gasteiger partial charge in [-0.05, 0) is 31.0 Å². The van der Waals surface area contributed by atoms with Crippen molar-refractivity contribution in [1.29, 1.82) is 5.26 Å². The molecule has 0 aliphatic rings. The molecule has 17 heavy (non-hydrogen) atoms. The first kappa shape index (κ1) is 13.8. The molecule has 0 aliphatic heterocycles. The van der Waals surface area contributed by atoms with Crippen LogP contribution in [0.1, 0.15) is 26.3 Å². The third-order valence-corrected chi connectivity index (χ3v) is 3.46.